The molecule has 384 valence electrons. The van der Waals surface area contributed by atoms with Crippen LogP contribution in [0.25, 0.3) is 0 Å². The van der Waals surface area contributed by atoms with Crippen LogP contribution in [-0.2, 0) is 66.5 Å². The molecule has 0 bridgehead atoms. The Bertz CT molecular complexity index is 1860. The quantitative estimate of drug-likeness (QED) is 0.0365. The van der Waals surface area contributed by atoms with Crippen molar-refractivity contribution in [3.8, 4) is 0 Å². The maximum atomic E-state index is 13.6. The average Bonchev–Trinajstić information content (AvgIpc) is 3.61. The minimum atomic E-state index is -1.79. The van der Waals surface area contributed by atoms with Crippen molar-refractivity contribution in [3.05, 3.63) is 47.0 Å². The van der Waals surface area contributed by atoms with E-state index < -0.39 is 172 Å². The van der Waals surface area contributed by atoms with Crippen molar-refractivity contribution in [3.63, 3.8) is 0 Å². The summed E-state index contributed by atoms with van der Waals surface area (Å²) < 4.78 is 55.0. The lowest BCUT2D eigenvalue weighted by atomic mass is 9.82. The first-order valence-electron chi connectivity index (χ1n) is 22.1. The summed E-state index contributed by atoms with van der Waals surface area (Å²) in [4.78, 5) is 52.9. The van der Waals surface area contributed by atoms with E-state index in [1.54, 1.807) is 20.8 Å². The Hall–Kier alpha value is -4.12. The maximum Gasteiger partial charge on any atom is 0.337 e. The third-order valence-electron chi connectivity index (χ3n) is 13.3. The molecule has 5 aliphatic rings. The average molecular weight is 977 g/mol. The van der Waals surface area contributed by atoms with Crippen molar-refractivity contribution in [2.75, 3.05) is 47.3 Å². The van der Waals surface area contributed by atoms with E-state index in [2.05, 4.69) is 0 Å². The molecule has 24 nitrogen and oxygen atoms in total. The highest BCUT2D eigenvalue weighted by Gasteiger charge is 2.50. The van der Waals surface area contributed by atoms with Crippen molar-refractivity contribution in [2.24, 2.45) is 35.5 Å². The van der Waals surface area contributed by atoms with Gasteiger partial charge in [0.05, 0.1) is 83.3 Å². The van der Waals surface area contributed by atoms with Gasteiger partial charge >= 0.3 is 23.9 Å². The molecule has 0 aromatic heterocycles. The molecule has 0 amide bonds. The molecule has 0 aromatic rings. The molecular formula is C44H64O24. The van der Waals surface area contributed by atoms with E-state index in [0.29, 0.717) is 0 Å². The zero-order valence-electron chi connectivity index (χ0n) is 38.1. The molecular weight excluding hydrogens is 912 g/mol. The molecule has 4 aliphatic heterocycles. The number of aliphatic hydroxyl groups is 10. The Morgan fingerprint density at radius 2 is 1.12 bits per heavy atom. The molecule has 2 saturated heterocycles. The molecule has 0 radical (unpaired) electrons. The standard InChI is InChI=1S/C44H64O24/c1-6-20-23(26(39(57)59-4)16-63-41(20)67-43-37(55)35(53)33(51)29(12-46)65-43)9-31(49)61-14-19(11-45)22-8-28(48)18(3)25(22)15-62-32(50)10-24-21(7-2)42(64-17-27(24)40(58)60-5)68-44-38(56)36(54)34(52)30(13-47)66-44/h6-7,16-19,22-25,28-30,33-38,41-48,51-56H,8-15H2,1-5H3. The number of hydrogen-bond acceptors (Lipinski definition) is 24. The second-order valence-electron chi connectivity index (χ2n) is 17.1. The van der Waals surface area contributed by atoms with E-state index >= 15 is 0 Å². The predicted molar refractivity (Wildman–Crippen MR) is 223 cm³/mol. The topological polar surface area (TPSA) is 363 Å². The molecule has 1 aliphatic carbocycles. The molecule has 0 aromatic carbocycles. The van der Waals surface area contributed by atoms with Crippen LogP contribution >= 0.6 is 0 Å². The summed E-state index contributed by atoms with van der Waals surface area (Å²) in [6.07, 6.45) is -15.8. The highest BCUT2D eigenvalue weighted by molar-refractivity contribution is 5.91. The number of rotatable bonds is 18. The van der Waals surface area contributed by atoms with Gasteiger partial charge in [0.1, 0.15) is 48.8 Å². The number of carbonyl (C=O) groups is 4. The maximum absolute atomic E-state index is 13.6. The summed E-state index contributed by atoms with van der Waals surface area (Å²) in [6, 6.07) is 0. The summed E-state index contributed by atoms with van der Waals surface area (Å²) >= 11 is 0. The van der Waals surface area contributed by atoms with Crippen LogP contribution in [0.3, 0.4) is 0 Å². The van der Waals surface area contributed by atoms with Crippen LogP contribution in [0, 0.1) is 35.5 Å². The summed E-state index contributed by atoms with van der Waals surface area (Å²) in [5, 5.41) is 103. The Labute approximate surface area is 390 Å². The number of methoxy groups -OCH3 is 2. The number of allylic oxidation sites excluding steroid dienone is 2. The van der Waals surface area contributed by atoms with Gasteiger partial charge in [-0.1, -0.05) is 19.1 Å². The fourth-order valence-electron chi connectivity index (χ4n) is 9.16. The number of aliphatic hydroxyl groups excluding tert-OH is 10. The van der Waals surface area contributed by atoms with Crippen LogP contribution in [0.1, 0.15) is 40.0 Å². The molecule has 5 rings (SSSR count). The normalized spacial score (nSPS) is 38.9. The summed E-state index contributed by atoms with van der Waals surface area (Å²) in [5.41, 5.74) is 0.181. The molecule has 3 fully saturated rings. The Balaban J connectivity index is 1.24. The third-order valence-corrected chi connectivity index (χ3v) is 13.3. The Kier molecular flexibility index (Phi) is 19.9. The van der Waals surface area contributed by atoms with Crippen LogP contribution < -0.4 is 0 Å². The summed E-state index contributed by atoms with van der Waals surface area (Å²) in [5.74, 6) is -7.89. The number of esters is 4. The molecule has 19 unspecified atom stereocenters. The zero-order chi connectivity index (χ0) is 50.1. The van der Waals surface area contributed by atoms with Gasteiger partial charge in [0.25, 0.3) is 0 Å². The van der Waals surface area contributed by atoms with Crippen molar-refractivity contribution in [1.29, 1.82) is 0 Å². The molecule has 10 N–H and O–H groups in total. The van der Waals surface area contributed by atoms with Gasteiger partial charge in [-0.15, -0.1) is 0 Å². The second kappa shape index (κ2) is 24.6. The van der Waals surface area contributed by atoms with E-state index in [-0.39, 0.29) is 41.9 Å². The third kappa shape index (κ3) is 12.1. The zero-order valence-corrected chi connectivity index (χ0v) is 38.1. The minimum Gasteiger partial charge on any atom is -0.468 e. The molecule has 68 heavy (non-hydrogen) atoms. The fraction of sp³-hybridized carbons (Fsp3) is 0.727. The highest BCUT2D eigenvalue weighted by atomic mass is 16.8. The van der Waals surface area contributed by atoms with Gasteiger partial charge in [0, 0.05) is 41.4 Å². The van der Waals surface area contributed by atoms with Crippen LogP contribution in [0.15, 0.2) is 47.0 Å². The van der Waals surface area contributed by atoms with Crippen LogP contribution in [0.4, 0.5) is 0 Å². The van der Waals surface area contributed by atoms with Gasteiger partial charge in [-0.2, -0.15) is 0 Å². The van der Waals surface area contributed by atoms with E-state index in [4.69, 9.17) is 47.4 Å². The van der Waals surface area contributed by atoms with Gasteiger partial charge in [0.2, 0.25) is 12.6 Å². The molecule has 24 heteroatoms. The smallest absolute Gasteiger partial charge is 0.337 e. The largest absolute Gasteiger partial charge is 0.468 e. The van der Waals surface area contributed by atoms with Gasteiger partial charge in [0.15, 0.2) is 12.6 Å². The van der Waals surface area contributed by atoms with E-state index in [9.17, 15) is 70.2 Å². The van der Waals surface area contributed by atoms with Gasteiger partial charge < -0.3 is 98.4 Å². The summed E-state index contributed by atoms with van der Waals surface area (Å²) in [7, 11) is 2.23. The lowest BCUT2D eigenvalue weighted by Crippen LogP contribution is -2.60. The first-order valence-corrected chi connectivity index (χ1v) is 22.1. The van der Waals surface area contributed by atoms with Crippen LogP contribution in [-0.4, -0.2) is 202 Å². The summed E-state index contributed by atoms with van der Waals surface area (Å²) in [6.45, 7) is 2.25. The van der Waals surface area contributed by atoms with Crippen molar-refractivity contribution >= 4 is 23.9 Å². The number of carbonyl (C=O) groups excluding carboxylic acids is 4. The Morgan fingerprint density at radius 1 is 0.676 bits per heavy atom. The van der Waals surface area contributed by atoms with Gasteiger partial charge in [-0.05, 0) is 32.1 Å². The monoisotopic (exact) mass is 976 g/mol. The first kappa shape index (κ1) is 54.8. The second-order valence-corrected chi connectivity index (χ2v) is 17.1. The number of hydrogen-bond donors (Lipinski definition) is 10. The molecule has 4 heterocycles. The molecule has 1 saturated carbocycles. The molecule has 19 atom stereocenters. The van der Waals surface area contributed by atoms with Crippen LogP contribution in [0.5, 0.6) is 0 Å². The number of ether oxygens (including phenoxy) is 10. The fourth-order valence-corrected chi connectivity index (χ4v) is 9.16. The van der Waals surface area contributed by atoms with Gasteiger partial charge in [-0.3, -0.25) is 9.59 Å². The highest BCUT2D eigenvalue weighted by Crippen LogP contribution is 2.43. The Morgan fingerprint density at radius 3 is 1.51 bits per heavy atom. The lowest BCUT2D eigenvalue weighted by molar-refractivity contribution is -0.327. The van der Waals surface area contributed by atoms with Crippen LogP contribution in [0.2, 0.25) is 0 Å². The molecule has 0 spiro atoms. The van der Waals surface area contributed by atoms with Gasteiger partial charge in [-0.25, -0.2) is 9.59 Å². The first-order chi connectivity index (χ1) is 32.4. The lowest BCUT2D eigenvalue weighted by Gasteiger charge is -2.42. The van der Waals surface area contributed by atoms with E-state index in [1.807, 2.05) is 0 Å². The van der Waals surface area contributed by atoms with Crippen molar-refractivity contribution in [2.45, 2.75) is 120 Å². The van der Waals surface area contributed by atoms with E-state index in [0.717, 1.165) is 26.7 Å². The minimum absolute atomic E-state index is 0.0933. The van der Waals surface area contributed by atoms with E-state index in [1.165, 1.54) is 12.2 Å². The predicted octanol–water partition coefficient (Wildman–Crippen LogP) is -3.32. The van der Waals surface area contributed by atoms with Crippen molar-refractivity contribution < 1.29 is 118 Å². The van der Waals surface area contributed by atoms with Crippen molar-refractivity contribution in [1.82, 2.24) is 0 Å². The SMILES string of the molecule is CC=C1C(OC2OC(CO)C(O)C(O)C2O)OC=C(C(=O)OC)C1CC(=O)OCC(CO)C1CC(O)C(C)C1COC(=O)CC1C(C(=O)OC)=COC(OC2OC(CO)C(O)C(O)C2O)C1=CC.